The largest absolute Gasteiger partial charge is 0.481 e. The van der Waals surface area contributed by atoms with Gasteiger partial charge in [-0.2, -0.15) is 0 Å². The molecule has 0 saturated carbocycles. The fraction of sp³-hybridized carbons (Fsp3) is 0.462. The van der Waals surface area contributed by atoms with Crippen LogP contribution in [0.25, 0.3) is 0 Å². The Morgan fingerprint density at radius 1 is 1.42 bits per heavy atom. The van der Waals surface area contributed by atoms with E-state index in [9.17, 15) is 9.59 Å². The van der Waals surface area contributed by atoms with Gasteiger partial charge in [-0.15, -0.1) is 0 Å². The predicted octanol–water partition coefficient (Wildman–Crippen LogP) is 2.56. The van der Waals surface area contributed by atoms with Gasteiger partial charge in [-0.25, -0.2) is 4.98 Å². The maximum atomic E-state index is 12.3. The van der Waals surface area contributed by atoms with E-state index in [1.807, 2.05) is 13.8 Å². The normalized spacial score (nSPS) is 10.5. The standard InChI is InChI=1S/C13H17BrN2O3/c1-9(2)16(7-3-4-12(17)18)13(19)10-5-6-11(14)15-8-10/h5-6,8-9H,3-4,7H2,1-2H3,(H,17,18). The number of aromatic nitrogens is 1. The summed E-state index contributed by atoms with van der Waals surface area (Å²) >= 11 is 3.22. The minimum Gasteiger partial charge on any atom is -0.481 e. The van der Waals surface area contributed by atoms with Gasteiger partial charge >= 0.3 is 5.97 Å². The van der Waals surface area contributed by atoms with E-state index in [0.717, 1.165) is 0 Å². The van der Waals surface area contributed by atoms with Gasteiger partial charge in [0.25, 0.3) is 5.91 Å². The molecule has 0 saturated heterocycles. The Morgan fingerprint density at radius 3 is 2.58 bits per heavy atom. The Balaban J connectivity index is 2.72. The Morgan fingerprint density at radius 2 is 2.11 bits per heavy atom. The van der Waals surface area contributed by atoms with Crippen molar-refractivity contribution in [2.75, 3.05) is 6.54 Å². The summed E-state index contributed by atoms with van der Waals surface area (Å²) in [4.78, 5) is 28.5. The molecule has 5 nitrogen and oxygen atoms in total. The SMILES string of the molecule is CC(C)N(CCCC(=O)O)C(=O)c1ccc(Br)nc1. The number of hydrogen-bond acceptors (Lipinski definition) is 3. The second-order valence-corrected chi connectivity index (χ2v) is 5.27. The van der Waals surface area contributed by atoms with Crippen LogP contribution in [0.1, 0.15) is 37.0 Å². The summed E-state index contributed by atoms with van der Waals surface area (Å²) in [7, 11) is 0. The average Bonchev–Trinajstić information content (AvgIpc) is 2.34. The molecule has 1 N–H and O–H groups in total. The summed E-state index contributed by atoms with van der Waals surface area (Å²) in [5, 5.41) is 8.63. The third-order valence-corrected chi connectivity index (χ3v) is 3.12. The van der Waals surface area contributed by atoms with Crippen LogP contribution >= 0.6 is 15.9 Å². The predicted molar refractivity (Wildman–Crippen MR) is 75.0 cm³/mol. The van der Waals surface area contributed by atoms with Crippen LogP contribution in [0.3, 0.4) is 0 Å². The zero-order chi connectivity index (χ0) is 14.4. The van der Waals surface area contributed by atoms with Crippen molar-refractivity contribution in [1.82, 2.24) is 9.88 Å². The van der Waals surface area contributed by atoms with E-state index in [2.05, 4.69) is 20.9 Å². The zero-order valence-electron chi connectivity index (χ0n) is 11.0. The van der Waals surface area contributed by atoms with Crippen LogP contribution in [0.4, 0.5) is 0 Å². The summed E-state index contributed by atoms with van der Waals surface area (Å²) in [5.41, 5.74) is 0.507. The van der Waals surface area contributed by atoms with Crippen molar-refractivity contribution in [3.05, 3.63) is 28.5 Å². The lowest BCUT2D eigenvalue weighted by Crippen LogP contribution is -2.38. The second kappa shape index (κ2) is 7.23. The molecular formula is C13H17BrN2O3. The molecular weight excluding hydrogens is 312 g/mol. The van der Waals surface area contributed by atoms with Gasteiger partial charge in [-0.05, 0) is 48.3 Å². The molecule has 6 heteroatoms. The fourth-order valence-corrected chi connectivity index (χ4v) is 1.90. The first-order valence-electron chi connectivity index (χ1n) is 6.06. The van der Waals surface area contributed by atoms with E-state index in [0.29, 0.717) is 23.1 Å². The zero-order valence-corrected chi connectivity index (χ0v) is 12.6. The Kier molecular flexibility index (Phi) is 5.95. The summed E-state index contributed by atoms with van der Waals surface area (Å²) < 4.78 is 0.672. The van der Waals surface area contributed by atoms with Crippen molar-refractivity contribution in [1.29, 1.82) is 0 Å². The van der Waals surface area contributed by atoms with E-state index in [-0.39, 0.29) is 18.4 Å². The van der Waals surface area contributed by atoms with Gasteiger partial charge in [0.05, 0.1) is 5.56 Å². The third kappa shape index (κ3) is 4.98. The lowest BCUT2D eigenvalue weighted by atomic mass is 10.2. The number of pyridine rings is 1. The highest BCUT2D eigenvalue weighted by atomic mass is 79.9. The molecule has 1 amide bonds. The highest BCUT2D eigenvalue weighted by molar-refractivity contribution is 9.10. The number of aliphatic carboxylic acids is 1. The Hall–Kier alpha value is -1.43. The average molecular weight is 329 g/mol. The minimum absolute atomic E-state index is 0.0185. The van der Waals surface area contributed by atoms with Crippen LogP contribution in [0, 0.1) is 0 Å². The molecule has 0 aliphatic heterocycles. The van der Waals surface area contributed by atoms with E-state index in [4.69, 9.17) is 5.11 Å². The summed E-state index contributed by atoms with van der Waals surface area (Å²) in [6, 6.07) is 3.43. The van der Waals surface area contributed by atoms with Crippen LogP contribution in [-0.2, 0) is 4.79 Å². The van der Waals surface area contributed by atoms with Crippen molar-refractivity contribution in [2.45, 2.75) is 32.7 Å². The molecule has 0 fully saturated rings. The van der Waals surface area contributed by atoms with Crippen LogP contribution in [-0.4, -0.2) is 39.5 Å². The van der Waals surface area contributed by atoms with Gasteiger partial charge in [-0.1, -0.05) is 0 Å². The molecule has 1 aromatic heterocycles. The molecule has 0 bridgehead atoms. The van der Waals surface area contributed by atoms with Crippen LogP contribution in [0.15, 0.2) is 22.9 Å². The number of amides is 1. The molecule has 0 radical (unpaired) electrons. The van der Waals surface area contributed by atoms with Gasteiger partial charge in [0.2, 0.25) is 0 Å². The lowest BCUT2D eigenvalue weighted by Gasteiger charge is -2.26. The molecule has 104 valence electrons. The Labute approximate surface area is 120 Å². The molecule has 0 atom stereocenters. The number of hydrogen-bond donors (Lipinski definition) is 1. The molecule has 0 aliphatic rings. The summed E-state index contributed by atoms with van der Waals surface area (Å²) in [6.07, 6.45) is 2.03. The number of nitrogens with zero attached hydrogens (tertiary/aromatic N) is 2. The van der Waals surface area contributed by atoms with E-state index in [1.54, 1.807) is 17.0 Å². The van der Waals surface area contributed by atoms with Crippen molar-refractivity contribution in [3.8, 4) is 0 Å². The number of carbonyl (C=O) groups is 2. The highest BCUT2D eigenvalue weighted by Crippen LogP contribution is 2.12. The number of carbonyl (C=O) groups excluding carboxylic acids is 1. The van der Waals surface area contributed by atoms with E-state index < -0.39 is 5.97 Å². The number of rotatable bonds is 6. The highest BCUT2D eigenvalue weighted by Gasteiger charge is 2.18. The molecule has 0 spiro atoms. The third-order valence-electron chi connectivity index (χ3n) is 2.65. The monoisotopic (exact) mass is 328 g/mol. The maximum absolute atomic E-state index is 12.3. The van der Waals surface area contributed by atoms with Gasteiger partial charge in [0.1, 0.15) is 4.60 Å². The van der Waals surface area contributed by atoms with E-state index >= 15 is 0 Å². The van der Waals surface area contributed by atoms with E-state index in [1.165, 1.54) is 6.20 Å². The van der Waals surface area contributed by atoms with Crippen molar-refractivity contribution in [2.24, 2.45) is 0 Å². The summed E-state index contributed by atoms with van der Waals surface area (Å²) in [5.74, 6) is -0.971. The first-order valence-corrected chi connectivity index (χ1v) is 6.85. The van der Waals surface area contributed by atoms with Crippen LogP contribution in [0.5, 0.6) is 0 Å². The van der Waals surface area contributed by atoms with Gasteiger partial charge < -0.3 is 10.0 Å². The smallest absolute Gasteiger partial charge is 0.303 e. The first kappa shape index (κ1) is 15.6. The maximum Gasteiger partial charge on any atom is 0.303 e. The number of carboxylic acid groups (broad SMARTS) is 1. The van der Waals surface area contributed by atoms with Crippen molar-refractivity contribution >= 4 is 27.8 Å². The van der Waals surface area contributed by atoms with Gasteiger partial charge in [0, 0.05) is 25.2 Å². The van der Waals surface area contributed by atoms with Crippen LogP contribution in [0.2, 0.25) is 0 Å². The number of carboxylic acids is 1. The molecule has 0 unspecified atom stereocenters. The molecule has 1 rings (SSSR count). The molecule has 1 heterocycles. The number of halogens is 1. The van der Waals surface area contributed by atoms with Crippen LogP contribution < -0.4 is 0 Å². The lowest BCUT2D eigenvalue weighted by molar-refractivity contribution is -0.137. The first-order chi connectivity index (χ1) is 8.91. The Bertz CT molecular complexity index is 446. The molecule has 0 aliphatic carbocycles. The van der Waals surface area contributed by atoms with Gasteiger partial charge in [0.15, 0.2) is 0 Å². The summed E-state index contributed by atoms with van der Waals surface area (Å²) in [6.45, 7) is 4.24. The minimum atomic E-state index is -0.846. The molecule has 0 aromatic carbocycles. The fourth-order valence-electron chi connectivity index (χ4n) is 1.66. The topological polar surface area (TPSA) is 70.5 Å². The quantitative estimate of drug-likeness (QED) is 0.814. The molecule has 1 aromatic rings. The van der Waals surface area contributed by atoms with Crippen molar-refractivity contribution in [3.63, 3.8) is 0 Å². The molecule has 19 heavy (non-hydrogen) atoms. The van der Waals surface area contributed by atoms with Gasteiger partial charge in [-0.3, -0.25) is 9.59 Å². The van der Waals surface area contributed by atoms with Crippen molar-refractivity contribution < 1.29 is 14.7 Å². The second-order valence-electron chi connectivity index (χ2n) is 4.46.